The topological polar surface area (TPSA) is 87.3 Å². The van der Waals surface area contributed by atoms with Gasteiger partial charge in [0, 0.05) is 24.7 Å². The van der Waals surface area contributed by atoms with Crippen LogP contribution in [-0.2, 0) is 14.4 Å². The Balaban J connectivity index is 2.56. The fourth-order valence-electron chi connectivity index (χ4n) is 1.84. The molecule has 0 aromatic heterocycles. The van der Waals surface area contributed by atoms with E-state index in [-0.39, 0.29) is 17.7 Å². The summed E-state index contributed by atoms with van der Waals surface area (Å²) in [6, 6.07) is 6.23. The molecule has 1 unspecified atom stereocenters. The second-order valence-electron chi connectivity index (χ2n) is 5.63. The third kappa shape index (κ3) is 6.39. The molecular formula is C16H23N3O3. The van der Waals surface area contributed by atoms with Gasteiger partial charge in [0.15, 0.2) is 0 Å². The van der Waals surface area contributed by atoms with Crippen LogP contribution in [0.2, 0.25) is 0 Å². The summed E-state index contributed by atoms with van der Waals surface area (Å²) in [6.07, 6.45) is 0.465. The predicted molar refractivity (Wildman–Crippen MR) is 86.4 cm³/mol. The average molecular weight is 305 g/mol. The van der Waals surface area contributed by atoms with E-state index in [1.165, 1.54) is 6.92 Å². The summed E-state index contributed by atoms with van der Waals surface area (Å²) >= 11 is 0. The molecule has 1 atom stereocenters. The van der Waals surface area contributed by atoms with Crippen LogP contribution in [0.1, 0.15) is 34.1 Å². The van der Waals surface area contributed by atoms with E-state index < -0.39 is 6.04 Å². The lowest BCUT2D eigenvalue weighted by Gasteiger charge is -2.13. The third-order valence-electron chi connectivity index (χ3n) is 2.84. The van der Waals surface area contributed by atoms with E-state index in [4.69, 9.17) is 0 Å². The number of nitrogens with one attached hydrogen (secondary N) is 3. The summed E-state index contributed by atoms with van der Waals surface area (Å²) in [5.74, 6) is -0.294. The first-order valence-corrected chi connectivity index (χ1v) is 7.25. The van der Waals surface area contributed by atoms with Crippen molar-refractivity contribution in [2.45, 2.75) is 40.2 Å². The molecule has 1 aromatic carbocycles. The highest BCUT2D eigenvalue weighted by atomic mass is 16.2. The maximum atomic E-state index is 11.8. The molecule has 22 heavy (non-hydrogen) atoms. The number of anilines is 2. The molecule has 6 nitrogen and oxygen atoms in total. The van der Waals surface area contributed by atoms with Gasteiger partial charge in [-0.15, -0.1) is 0 Å². The number of hydrogen-bond acceptors (Lipinski definition) is 3. The molecule has 0 bridgehead atoms. The molecule has 1 rings (SSSR count). The maximum absolute atomic E-state index is 11.8. The van der Waals surface area contributed by atoms with Gasteiger partial charge in [-0.1, -0.05) is 13.8 Å². The van der Waals surface area contributed by atoms with Gasteiger partial charge >= 0.3 is 0 Å². The fraction of sp³-hybridized carbons (Fsp3) is 0.438. The van der Waals surface area contributed by atoms with Gasteiger partial charge in [-0.05, 0) is 37.1 Å². The van der Waals surface area contributed by atoms with Crippen molar-refractivity contribution in [3.8, 4) is 0 Å². The SMILES string of the molecule is CC(=O)NC(C)C(=O)Nc1ccc(NC(=O)CC(C)C)cc1. The second-order valence-corrected chi connectivity index (χ2v) is 5.63. The molecule has 0 saturated heterocycles. The summed E-state index contributed by atoms with van der Waals surface area (Å²) in [5.41, 5.74) is 1.28. The van der Waals surface area contributed by atoms with Gasteiger partial charge in [0.2, 0.25) is 17.7 Å². The Morgan fingerprint density at radius 2 is 1.45 bits per heavy atom. The first kappa shape index (κ1) is 17.7. The van der Waals surface area contributed by atoms with Crippen molar-refractivity contribution in [2.24, 2.45) is 5.92 Å². The Labute approximate surface area is 130 Å². The fourth-order valence-corrected chi connectivity index (χ4v) is 1.84. The van der Waals surface area contributed by atoms with Gasteiger partial charge in [0.1, 0.15) is 6.04 Å². The van der Waals surface area contributed by atoms with Crippen LogP contribution in [0.15, 0.2) is 24.3 Å². The van der Waals surface area contributed by atoms with Crippen molar-refractivity contribution < 1.29 is 14.4 Å². The minimum absolute atomic E-state index is 0.0361. The molecule has 0 heterocycles. The van der Waals surface area contributed by atoms with Crippen LogP contribution in [0.3, 0.4) is 0 Å². The molecule has 0 aliphatic heterocycles. The Hall–Kier alpha value is -2.37. The van der Waals surface area contributed by atoms with Gasteiger partial charge in [-0.2, -0.15) is 0 Å². The minimum Gasteiger partial charge on any atom is -0.345 e. The predicted octanol–water partition coefficient (Wildman–Crippen LogP) is 2.13. The molecule has 0 saturated carbocycles. The van der Waals surface area contributed by atoms with Gasteiger partial charge in [-0.3, -0.25) is 14.4 Å². The third-order valence-corrected chi connectivity index (χ3v) is 2.84. The van der Waals surface area contributed by atoms with Crippen molar-refractivity contribution >= 4 is 29.1 Å². The number of amides is 3. The van der Waals surface area contributed by atoms with Gasteiger partial charge < -0.3 is 16.0 Å². The number of rotatable bonds is 6. The molecule has 0 aliphatic rings. The number of carbonyl (C=O) groups is 3. The van der Waals surface area contributed by atoms with Crippen molar-refractivity contribution in [3.63, 3.8) is 0 Å². The van der Waals surface area contributed by atoms with E-state index >= 15 is 0 Å². The highest BCUT2D eigenvalue weighted by molar-refractivity contribution is 5.97. The lowest BCUT2D eigenvalue weighted by molar-refractivity contribution is -0.124. The molecule has 0 radical (unpaired) electrons. The van der Waals surface area contributed by atoms with E-state index in [2.05, 4.69) is 16.0 Å². The molecule has 0 fully saturated rings. The Bertz CT molecular complexity index is 538. The summed E-state index contributed by atoms with van der Waals surface area (Å²) in [6.45, 7) is 6.93. The highest BCUT2D eigenvalue weighted by Crippen LogP contribution is 2.14. The van der Waals surface area contributed by atoms with E-state index in [9.17, 15) is 14.4 Å². The summed E-state index contributed by atoms with van der Waals surface area (Å²) in [4.78, 5) is 34.4. The number of hydrogen-bond donors (Lipinski definition) is 3. The van der Waals surface area contributed by atoms with Crippen molar-refractivity contribution in [2.75, 3.05) is 10.6 Å². The normalized spacial score (nSPS) is 11.7. The van der Waals surface area contributed by atoms with Crippen LogP contribution in [0.4, 0.5) is 11.4 Å². The largest absolute Gasteiger partial charge is 0.345 e. The first-order chi connectivity index (χ1) is 10.3. The van der Waals surface area contributed by atoms with Crippen LogP contribution in [0.25, 0.3) is 0 Å². The minimum atomic E-state index is -0.608. The molecule has 6 heteroatoms. The smallest absolute Gasteiger partial charge is 0.246 e. The van der Waals surface area contributed by atoms with Crippen LogP contribution < -0.4 is 16.0 Å². The highest BCUT2D eigenvalue weighted by Gasteiger charge is 2.13. The quantitative estimate of drug-likeness (QED) is 0.752. The summed E-state index contributed by atoms with van der Waals surface area (Å²) in [7, 11) is 0. The van der Waals surface area contributed by atoms with Crippen molar-refractivity contribution in [1.29, 1.82) is 0 Å². The molecule has 0 aliphatic carbocycles. The van der Waals surface area contributed by atoms with Crippen molar-refractivity contribution in [1.82, 2.24) is 5.32 Å². The molecule has 120 valence electrons. The van der Waals surface area contributed by atoms with E-state index in [0.717, 1.165) is 0 Å². The summed E-state index contributed by atoms with van der Waals surface area (Å²) in [5, 5.41) is 8.00. The number of carbonyl (C=O) groups excluding carboxylic acids is 3. The van der Waals surface area contributed by atoms with Crippen LogP contribution in [0.5, 0.6) is 0 Å². The molecule has 1 aromatic rings. The van der Waals surface area contributed by atoms with Gasteiger partial charge in [0.25, 0.3) is 0 Å². The van der Waals surface area contributed by atoms with Gasteiger partial charge in [0.05, 0.1) is 0 Å². The molecule has 3 N–H and O–H groups in total. The average Bonchev–Trinajstić information content (AvgIpc) is 2.39. The van der Waals surface area contributed by atoms with E-state index in [1.807, 2.05) is 13.8 Å². The number of benzene rings is 1. The van der Waals surface area contributed by atoms with Crippen LogP contribution in [-0.4, -0.2) is 23.8 Å². The monoisotopic (exact) mass is 305 g/mol. The lowest BCUT2D eigenvalue weighted by Crippen LogP contribution is -2.40. The molecule has 3 amide bonds. The Kier molecular flexibility index (Phi) is 6.56. The lowest BCUT2D eigenvalue weighted by atomic mass is 10.1. The summed E-state index contributed by atoms with van der Waals surface area (Å²) < 4.78 is 0. The van der Waals surface area contributed by atoms with Gasteiger partial charge in [-0.25, -0.2) is 0 Å². The van der Waals surface area contributed by atoms with E-state index in [0.29, 0.717) is 23.7 Å². The first-order valence-electron chi connectivity index (χ1n) is 7.25. The van der Waals surface area contributed by atoms with Crippen molar-refractivity contribution in [3.05, 3.63) is 24.3 Å². The zero-order valence-corrected chi connectivity index (χ0v) is 13.4. The Morgan fingerprint density at radius 1 is 0.955 bits per heavy atom. The molecular weight excluding hydrogens is 282 g/mol. The zero-order chi connectivity index (χ0) is 16.7. The standard InChI is InChI=1S/C16H23N3O3/c1-10(2)9-15(21)18-13-5-7-14(8-6-13)19-16(22)11(3)17-12(4)20/h5-8,10-11H,9H2,1-4H3,(H,17,20)(H,18,21)(H,19,22). The molecule has 0 spiro atoms. The van der Waals surface area contributed by atoms with Crippen LogP contribution in [0, 0.1) is 5.92 Å². The second kappa shape index (κ2) is 8.17. The Morgan fingerprint density at radius 3 is 1.91 bits per heavy atom. The maximum Gasteiger partial charge on any atom is 0.246 e. The zero-order valence-electron chi connectivity index (χ0n) is 13.4. The van der Waals surface area contributed by atoms with Crippen LogP contribution >= 0.6 is 0 Å². The van der Waals surface area contributed by atoms with E-state index in [1.54, 1.807) is 31.2 Å².